The van der Waals surface area contributed by atoms with E-state index >= 15 is 0 Å². The Kier molecular flexibility index (Phi) is 10.6. The van der Waals surface area contributed by atoms with Gasteiger partial charge in [0.05, 0.1) is 0 Å². The first-order chi connectivity index (χ1) is 22.1. The Morgan fingerprint density at radius 3 is 2.61 bits per heavy atom. The van der Waals surface area contributed by atoms with E-state index < -0.39 is 35.5 Å². The fourth-order valence-electron chi connectivity index (χ4n) is 6.05. The predicted octanol–water partition coefficient (Wildman–Crippen LogP) is 4.02. The molecule has 4 heterocycles. The zero-order chi connectivity index (χ0) is 32.7. The van der Waals surface area contributed by atoms with Crippen LogP contribution in [0.25, 0.3) is 0 Å². The number of piperidine rings is 1. The first kappa shape index (κ1) is 33.3. The molecule has 0 spiro atoms. The number of carbonyl (C=O) groups is 2. The van der Waals surface area contributed by atoms with Crippen LogP contribution in [0.5, 0.6) is 0 Å². The highest BCUT2D eigenvalue weighted by Crippen LogP contribution is 2.32. The van der Waals surface area contributed by atoms with Crippen LogP contribution in [-0.2, 0) is 32.0 Å². The molecule has 0 bridgehead atoms. The molecule has 3 aliphatic heterocycles. The van der Waals surface area contributed by atoms with Gasteiger partial charge in [-0.25, -0.2) is 19.6 Å². The van der Waals surface area contributed by atoms with Crippen LogP contribution in [0.1, 0.15) is 69.7 Å². The second kappa shape index (κ2) is 14.6. The first-order valence-corrected chi connectivity index (χ1v) is 16.1. The number of likely N-dealkylation sites (tertiary alicyclic amines) is 1. The summed E-state index contributed by atoms with van der Waals surface area (Å²) in [7, 11) is 1.63. The molecule has 3 atom stereocenters. The maximum atomic E-state index is 13.2. The van der Waals surface area contributed by atoms with Crippen LogP contribution in [0.15, 0.2) is 52.4 Å². The third kappa shape index (κ3) is 8.21. The van der Waals surface area contributed by atoms with E-state index in [1.165, 1.54) is 11.9 Å². The molecule has 2 aromatic rings. The second-order valence-electron chi connectivity index (χ2n) is 13.2. The summed E-state index contributed by atoms with van der Waals surface area (Å²) in [5.74, 6) is 1.58. The number of alkyl carbamates (subject to hydrolysis) is 1. The monoisotopic (exact) mass is 633 g/mol. The number of hydrogen-bond acceptors (Lipinski definition) is 11. The Bertz CT molecular complexity index is 1420. The van der Waals surface area contributed by atoms with Crippen molar-refractivity contribution in [2.45, 2.75) is 89.3 Å². The molecule has 12 nitrogen and oxygen atoms in total. The summed E-state index contributed by atoms with van der Waals surface area (Å²) in [4.78, 5) is 42.4. The average Bonchev–Trinajstić information content (AvgIpc) is 3.05. The molecular weight excluding hydrogens is 586 g/mol. The lowest BCUT2D eigenvalue weighted by molar-refractivity contribution is -0.157. The van der Waals surface area contributed by atoms with Crippen LogP contribution in [-0.4, -0.2) is 90.8 Å². The number of amides is 1. The molecule has 5 rings (SSSR count). The molecule has 46 heavy (non-hydrogen) atoms. The molecule has 1 amide bonds. The smallest absolute Gasteiger partial charge is 0.408 e. The van der Waals surface area contributed by atoms with E-state index in [9.17, 15) is 9.59 Å². The van der Waals surface area contributed by atoms with E-state index in [4.69, 9.17) is 19.2 Å². The summed E-state index contributed by atoms with van der Waals surface area (Å²) in [5, 5.41) is 9.44. The highest BCUT2D eigenvalue weighted by Gasteiger charge is 2.45. The summed E-state index contributed by atoms with van der Waals surface area (Å²) in [5.41, 5.74) is 1.60. The summed E-state index contributed by atoms with van der Waals surface area (Å²) in [6.07, 6.45) is 4.32. The average molecular weight is 634 g/mol. The van der Waals surface area contributed by atoms with Crippen LogP contribution < -0.4 is 16.0 Å². The number of aromatic nitrogens is 1. The van der Waals surface area contributed by atoms with Crippen molar-refractivity contribution in [3.63, 3.8) is 0 Å². The molecule has 1 fully saturated rings. The molecule has 248 valence electrons. The molecule has 1 saturated heterocycles. The van der Waals surface area contributed by atoms with Gasteiger partial charge in [-0.15, -0.1) is 0 Å². The summed E-state index contributed by atoms with van der Waals surface area (Å²) >= 11 is 0. The van der Waals surface area contributed by atoms with Crippen molar-refractivity contribution in [3.8, 4) is 0 Å². The molecule has 3 aliphatic rings. The van der Waals surface area contributed by atoms with Crippen LogP contribution in [0.2, 0.25) is 0 Å². The van der Waals surface area contributed by atoms with E-state index in [0.29, 0.717) is 5.92 Å². The van der Waals surface area contributed by atoms with Gasteiger partial charge in [-0.3, -0.25) is 10.3 Å². The third-order valence-electron chi connectivity index (χ3n) is 8.63. The number of aryl methyl sites for hydroxylation is 1. The molecule has 1 aromatic heterocycles. The number of benzene rings is 1. The Morgan fingerprint density at radius 2 is 1.89 bits per heavy atom. The van der Waals surface area contributed by atoms with Gasteiger partial charge in [-0.1, -0.05) is 36.4 Å². The number of esters is 1. The largest absolute Gasteiger partial charge is 0.458 e. The van der Waals surface area contributed by atoms with Gasteiger partial charge in [0.15, 0.2) is 5.60 Å². The Hall–Kier alpha value is -4.03. The van der Waals surface area contributed by atoms with Gasteiger partial charge in [0.25, 0.3) is 0 Å². The summed E-state index contributed by atoms with van der Waals surface area (Å²) in [6.45, 7) is 9.95. The normalized spacial score (nSPS) is 22.2. The van der Waals surface area contributed by atoms with Gasteiger partial charge in [0, 0.05) is 44.9 Å². The number of anilines is 1. The zero-order valence-electron chi connectivity index (χ0n) is 27.5. The van der Waals surface area contributed by atoms with Gasteiger partial charge in [-0.2, -0.15) is 0 Å². The van der Waals surface area contributed by atoms with Gasteiger partial charge in [0.1, 0.15) is 42.4 Å². The van der Waals surface area contributed by atoms with Crippen molar-refractivity contribution in [1.82, 2.24) is 20.5 Å². The number of rotatable bonds is 9. The second-order valence-corrected chi connectivity index (χ2v) is 13.2. The summed E-state index contributed by atoms with van der Waals surface area (Å²) in [6, 6.07) is 12.7. The number of nitrogens with one attached hydrogen (secondary N) is 3. The topological polar surface area (TPSA) is 139 Å². The zero-order valence-corrected chi connectivity index (χ0v) is 27.5. The third-order valence-corrected chi connectivity index (χ3v) is 8.63. The number of amidine groups is 1. The maximum Gasteiger partial charge on any atom is 0.408 e. The maximum absolute atomic E-state index is 13.2. The molecular formula is C34H47N7O5. The number of hydrogen-bond donors (Lipinski definition) is 3. The predicted molar refractivity (Wildman–Crippen MR) is 177 cm³/mol. The number of pyridine rings is 1. The molecule has 12 heteroatoms. The Labute approximate surface area is 271 Å². The Balaban J connectivity index is 1.21. The lowest BCUT2D eigenvalue weighted by Crippen LogP contribution is -2.63. The van der Waals surface area contributed by atoms with Crippen molar-refractivity contribution in [2.75, 3.05) is 38.6 Å². The number of carbonyl (C=O) groups excluding carboxylic acids is 2. The van der Waals surface area contributed by atoms with E-state index in [-0.39, 0.29) is 13.2 Å². The summed E-state index contributed by atoms with van der Waals surface area (Å²) < 4.78 is 17.1. The molecule has 1 aromatic carbocycles. The van der Waals surface area contributed by atoms with Crippen LogP contribution in [0.4, 0.5) is 10.6 Å². The fourth-order valence-corrected chi connectivity index (χ4v) is 6.05. The number of ether oxygens (including phenoxy) is 3. The molecule has 0 saturated carbocycles. The van der Waals surface area contributed by atoms with E-state index in [2.05, 4.69) is 43.0 Å². The van der Waals surface area contributed by atoms with E-state index in [1.807, 2.05) is 37.3 Å². The van der Waals surface area contributed by atoms with Crippen molar-refractivity contribution in [3.05, 3.63) is 59.3 Å². The van der Waals surface area contributed by atoms with Crippen LogP contribution in [0, 0.1) is 0 Å². The number of fused-ring (bicyclic) bond motifs is 1. The van der Waals surface area contributed by atoms with Gasteiger partial charge < -0.3 is 29.7 Å². The molecule has 2 unspecified atom stereocenters. The van der Waals surface area contributed by atoms with Gasteiger partial charge in [-0.05, 0) is 70.6 Å². The molecule has 0 aliphatic carbocycles. The number of nitrogens with zero attached hydrogens (tertiary/aromatic N) is 4. The van der Waals surface area contributed by atoms with Gasteiger partial charge in [0.2, 0.25) is 0 Å². The Morgan fingerprint density at radius 1 is 1.13 bits per heavy atom. The van der Waals surface area contributed by atoms with Crippen molar-refractivity contribution in [2.24, 2.45) is 9.98 Å². The standard InChI is InChI=1S/C34H47N7O5/c1-33(2,3)46-29(42)27(40-32(43)45-21-23-10-7-6-8-11-23)20-36-30-34(4,44-5)31(38-22-37-30)41-18-15-24(16-19-41)26-14-13-25-12-9-17-35-28(25)39-26/h6-8,10-11,13-14,22,24,27,30,36H,9,12,15-21H2,1-5H3,(H,35,39)(H,40,43)/t27-,30?,34?/m0/s1. The molecule has 3 N–H and O–H groups in total. The number of aliphatic imine (C=N–C) groups is 2. The highest BCUT2D eigenvalue weighted by atomic mass is 16.6. The minimum atomic E-state index is -1.03. The number of methoxy groups -OCH3 is 1. The minimum Gasteiger partial charge on any atom is -0.458 e. The van der Waals surface area contributed by atoms with Crippen molar-refractivity contribution >= 4 is 30.1 Å². The quantitative estimate of drug-likeness (QED) is 0.350. The lowest BCUT2D eigenvalue weighted by atomic mass is 9.90. The van der Waals surface area contributed by atoms with Gasteiger partial charge >= 0.3 is 12.1 Å². The first-order valence-electron chi connectivity index (χ1n) is 16.1. The van der Waals surface area contributed by atoms with Crippen molar-refractivity contribution < 1.29 is 23.8 Å². The van der Waals surface area contributed by atoms with Crippen LogP contribution >= 0.6 is 0 Å². The molecule has 0 radical (unpaired) electrons. The highest BCUT2D eigenvalue weighted by molar-refractivity contribution is 5.97. The SMILES string of the molecule is COC1(C)C(N2CCC(c3ccc4c(n3)NCCC4)CC2)=NC=NC1NC[C@H](NC(=O)OCc1ccccc1)C(=O)OC(C)(C)C. The van der Waals surface area contributed by atoms with E-state index in [0.717, 1.165) is 68.2 Å². The van der Waals surface area contributed by atoms with Crippen molar-refractivity contribution in [1.29, 1.82) is 0 Å². The van der Waals surface area contributed by atoms with Crippen LogP contribution in [0.3, 0.4) is 0 Å². The fraction of sp³-hybridized carbons (Fsp3) is 0.559. The lowest BCUT2D eigenvalue weighted by Gasteiger charge is -2.44. The van der Waals surface area contributed by atoms with E-state index in [1.54, 1.807) is 27.9 Å². The minimum absolute atomic E-state index is 0.0314.